The molecule has 0 aliphatic carbocycles. The highest BCUT2D eigenvalue weighted by atomic mass is 19.3. The van der Waals surface area contributed by atoms with Crippen LogP contribution in [0.5, 0.6) is 11.5 Å². The van der Waals surface area contributed by atoms with Gasteiger partial charge in [-0.2, -0.15) is 0 Å². The molecule has 0 amide bonds. The number of ether oxygens (including phenoxy) is 1. The third kappa shape index (κ3) is 2.11. The van der Waals surface area contributed by atoms with E-state index in [0.717, 1.165) is 0 Å². The van der Waals surface area contributed by atoms with Crippen molar-refractivity contribution in [3.63, 3.8) is 0 Å². The van der Waals surface area contributed by atoms with Crippen molar-refractivity contribution >= 4 is 0 Å². The van der Waals surface area contributed by atoms with Crippen LogP contribution in [-0.4, -0.2) is 23.7 Å². The molecule has 2 N–H and O–H groups in total. The Kier molecular flexibility index (Phi) is 3.24. The first-order valence-electron chi connectivity index (χ1n) is 3.89. The fourth-order valence-electron chi connectivity index (χ4n) is 1.03. The topological polar surface area (TPSA) is 49.7 Å². The third-order valence-electron chi connectivity index (χ3n) is 1.79. The molecule has 1 rings (SSSR count). The lowest BCUT2D eigenvalue weighted by atomic mass is 10.1. The van der Waals surface area contributed by atoms with E-state index in [1.54, 1.807) is 0 Å². The summed E-state index contributed by atoms with van der Waals surface area (Å²) in [5.74, 6) is -0.0731. The molecule has 0 saturated carbocycles. The number of aliphatic hydroxyl groups excluding tert-OH is 1. The molecule has 0 aliphatic heterocycles. The molecule has 78 valence electrons. The van der Waals surface area contributed by atoms with Crippen molar-refractivity contribution < 1.29 is 23.7 Å². The van der Waals surface area contributed by atoms with Crippen molar-refractivity contribution in [2.24, 2.45) is 0 Å². The normalized spacial score (nSPS) is 12.9. The van der Waals surface area contributed by atoms with Gasteiger partial charge in [0.05, 0.1) is 7.11 Å². The Morgan fingerprint density at radius 3 is 2.50 bits per heavy atom. The molecule has 1 aromatic rings. The van der Waals surface area contributed by atoms with E-state index in [1.807, 2.05) is 0 Å². The second-order valence-electron chi connectivity index (χ2n) is 2.70. The van der Waals surface area contributed by atoms with Crippen molar-refractivity contribution in [1.29, 1.82) is 0 Å². The molecule has 1 aromatic carbocycles. The van der Waals surface area contributed by atoms with E-state index in [1.165, 1.54) is 25.3 Å². The van der Waals surface area contributed by atoms with Gasteiger partial charge < -0.3 is 14.9 Å². The first-order chi connectivity index (χ1) is 6.56. The zero-order valence-corrected chi connectivity index (χ0v) is 7.45. The maximum Gasteiger partial charge on any atom is 0.268 e. The molecular formula is C9H10F2O3. The van der Waals surface area contributed by atoms with E-state index in [4.69, 9.17) is 9.84 Å². The minimum atomic E-state index is -2.94. The smallest absolute Gasteiger partial charge is 0.268 e. The van der Waals surface area contributed by atoms with Crippen LogP contribution < -0.4 is 4.74 Å². The molecule has 0 spiro atoms. The number of alkyl halides is 2. The zero-order chi connectivity index (χ0) is 10.7. The summed E-state index contributed by atoms with van der Waals surface area (Å²) in [7, 11) is 1.37. The monoisotopic (exact) mass is 204 g/mol. The van der Waals surface area contributed by atoms with Crippen LogP contribution in [0, 0.1) is 0 Å². The van der Waals surface area contributed by atoms with E-state index in [0.29, 0.717) is 5.75 Å². The van der Waals surface area contributed by atoms with Crippen LogP contribution in [0.3, 0.4) is 0 Å². The quantitative estimate of drug-likeness (QED) is 0.787. The minimum absolute atomic E-state index is 0.237. The highest BCUT2D eigenvalue weighted by Gasteiger charge is 2.22. The van der Waals surface area contributed by atoms with E-state index in [-0.39, 0.29) is 11.3 Å². The van der Waals surface area contributed by atoms with Gasteiger partial charge in [-0.05, 0) is 18.2 Å². The second kappa shape index (κ2) is 4.23. The molecule has 0 aromatic heterocycles. The molecule has 1 atom stereocenters. The minimum Gasteiger partial charge on any atom is -0.508 e. The molecule has 0 fully saturated rings. The Balaban J connectivity index is 3.05. The molecule has 0 bridgehead atoms. The second-order valence-corrected chi connectivity index (χ2v) is 2.70. The molecular weight excluding hydrogens is 194 g/mol. The number of aliphatic hydroxyl groups is 1. The summed E-state index contributed by atoms with van der Waals surface area (Å²) in [4.78, 5) is 0. The Labute approximate surface area is 79.6 Å². The first kappa shape index (κ1) is 10.7. The number of aromatic hydroxyl groups is 1. The predicted octanol–water partition coefficient (Wildman–Crippen LogP) is 1.70. The fraction of sp³-hybridized carbons (Fsp3) is 0.333. The van der Waals surface area contributed by atoms with Crippen molar-refractivity contribution in [2.75, 3.05) is 7.11 Å². The van der Waals surface area contributed by atoms with E-state index in [9.17, 15) is 13.9 Å². The highest BCUT2D eigenvalue weighted by molar-refractivity contribution is 5.40. The average Bonchev–Trinajstić information content (AvgIpc) is 2.17. The summed E-state index contributed by atoms with van der Waals surface area (Å²) in [5, 5.41) is 18.2. The van der Waals surface area contributed by atoms with E-state index in [2.05, 4.69) is 0 Å². The van der Waals surface area contributed by atoms with Gasteiger partial charge in [0.25, 0.3) is 6.43 Å². The van der Waals surface area contributed by atoms with Gasteiger partial charge in [-0.3, -0.25) is 0 Å². The maximum absolute atomic E-state index is 12.1. The van der Waals surface area contributed by atoms with Gasteiger partial charge in [-0.1, -0.05) is 0 Å². The van der Waals surface area contributed by atoms with E-state index >= 15 is 0 Å². The van der Waals surface area contributed by atoms with Gasteiger partial charge in [0, 0.05) is 5.56 Å². The van der Waals surface area contributed by atoms with Gasteiger partial charge in [0.1, 0.15) is 17.6 Å². The number of phenols is 1. The molecule has 0 saturated heterocycles. The van der Waals surface area contributed by atoms with Crippen LogP contribution in [0.25, 0.3) is 0 Å². The summed E-state index contributed by atoms with van der Waals surface area (Å²) in [6, 6.07) is 3.78. The molecule has 14 heavy (non-hydrogen) atoms. The first-order valence-corrected chi connectivity index (χ1v) is 3.89. The van der Waals surface area contributed by atoms with Crippen molar-refractivity contribution in [3.8, 4) is 11.5 Å². The third-order valence-corrected chi connectivity index (χ3v) is 1.79. The van der Waals surface area contributed by atoms with Crippen LogP contribution in [0.2, 0.25) is 0 Å². The van der Waals surface area contributed by atoms with Gasteiger partial charge in [0.15, 0.2) is 0 Å². The average molecular weight is 204 g/mol. The molecule has 5 heteroatoms. The number of rotatable bonds is 3. The van der Waals surface area contributed by atoms with Crippen LogP contribution in [0.4, 0.5) is 8.78 Å². The highest BCUT2D eigenvalue weighted by Crippen LogP contribution is 2.31. The number of phenolic OH excluding ortho intramolecular Hbond substituents is 1. The Bertz CT molecular complexity index is 315. The Morgan fingerprint density at radius 1 is 1.36 bits per heavy atom. The summed E-state index contributed by atoms with van der Waals surface area (Å²) >= 11 is 0. The number of benzene rings is 1. The maximum atomic E-state index is 12.1. The molecule has 3 nitrogen and oxygen atoms in total. The van der Waals surface area contributed by atoms with Gasteiger partial charge in [0.2, 0.25) is 0 Å². The van der Waals surface area contributed by atoms with Crippen LogP contribution >= 0.6 is 0 Å². The summed E-state index contributed by atoms with van der Waals surface area (Å²) in [5.41, 5.74) is -0.237. The van der Waals surface area contributed by atoms with Gasteiger partial charge >= 0.3 is 0 Å². The summed E-state index contributed by atoms with van der Waals surface area (Å²) in [6.07, 6.45) is -4.93. The van der Waals surface area contributed by atoms with Crippen LogP contribution in [0.1, 0.15) is 11.7 Å². The molecule has 0 heterocycles. The predicted molar refractivity (Wildman–Crippen MR) is 45.6 cm³/mol. The van der Waals surface area contributed by atoms with Crippen LogP contribution in [0.15, 0.2) is 18.2 Å². The van der Waals surface area contributed by atoms with Crippen molar-refractivity contribution in [1.82, 2.24) is 0 Å². The van der Waals surface area contributed by atoms with Gasteiger partial charge in [-0.25, -0.2) is 8.78 Å². The SMILES string of the molecule is COc1ccc(O)c(C(O)C(F)F)c1. The summed E-state index contributed by atoms with van der Waals surface area (Å²) < 4.78 is 29.0. The number of methoxy groups -OCH3 is 1. The van der Waals surface area contributed by atoms with Crippen LogP contribution in [-0.2, 0) is 0 Å². The summed E-state index contributed by atoms with van der Waals surface area (Å²) in [6.45, 7) is 0. The Morgan fingerprint density at radius 2 is 2.00 bits per heavy atom. The fourth-order valence-corrected chi connectivity index (χ4v) is 1.03. The lowest BCUT2D eigenvalue weighted by Crippen LogP contribution is -2.08. The Hall–Kier alpha value is -1.36. The lowest BCUT2D eigenvalue weighted by molar-refractivity contribution is -0.00707. The molecule has 0 aliphatic rings. The standard InChI is InChI=1S/C9H10F2O3/c1-14-5-2-3-7(12)6(4-5)8(13)9(10)11/h2-4,8-9,12-13H,1H3. The van der Waals surface area contributed by atoms with E-state index < -0.39 is 12.5 Å². The lowest BCUT2D eigenvalue weighted by Gasteiger charge is -2.12. The number of hydrogen-bond acceptors (Lipinski definition) is 3. The largest absolute Gasteiger partial charge is 0.508 e. The molecule has 1 unspecified atom stereocenters. The van der Waals surface area contributed by atoms with Crippen molar-refractivity contribution in [3.05, 3.63) is 23.8 Å². The molecule has 0 radical (unpaired) electrons. The zero-order valence-electron chi connectivity index (χ0n) is 7.45. The van der Waals surface area contributed by atoms with Crippen molar-refractivity contribution in [2.45, 2.75) is 12.5 Å². The number of hydrogen-bond donors (Lipinski definition) is 2. The number of halogens is 2. The van der Waals surface area contributed by atoms with Gasteiger partial charge in [-0.15, -0.1) is 0 Å².